The van der Waals surface area contributed by atoms with Gasteiger partial charge in [0, 0.05) is 22.6 Å². The highest BCUT2D eigenvalue weighted by Gasteiger charge is 2.38. The third-order valence-electron chi connectivity index (χ3n) is 2.11. The van der Waals surface area contributed by atoms with Gasteiger partial charge in [-0.2, -0.15) is 18.2 Å². The van der Waals surface area contributed by atoms with Crippen LogP contribution in [0.15, 0.2) is 46.6 Å². The predicted octanol–water partition coefficient (Wildman–Crippen LogP) is 5.49. The monoisotopic (exact) mass is 407 g/mol. The Morgan fingerprint density at radius 3 is 2.65 bits per heavy atom. The maximum absolute atomic E-state index is 12.2. The van der Waals surface area contributed by atoms with Crippen molar-refractivity contribution in [2.45, 2.75) is 18.4 Å². The number of aromatic nitrogens is 2. The largest absolute Gasteiger partial charge is 0.471 e. The molecular weight excluding hydrogens is 395 g/mol. The lowest BCUT2D eigenvalue weighted by Crippen LogP contribution is -2.04. The molecule has 0 spiro atoms. The molecule has 0 amide bonds. The molecule has 2 rings (SSSR count). The van der Waals surface area contributed by atoms with Crippen LogP contribution < -0.4 is 0 Å². The zero-order valence-electron chi connectivity index (χ0n) is 12.0. The third-order valence-corrected chi connectivity index (χ3v) is 4.17. The van der Waals surface area contributed by atoms with Crippen molar-refractivity contribution < 1.29 is 17.7 Å². The van der Waals surface area contributed by atoms with Crippen molar-refractivity contribution >= 4 is 33.5 Å². The topological polar surface area (TPSA) is 51.3 Å². The predicted molar refractivity (Wildman–Crippen MR) is 88.7 cm³/mol. The molecule has 4 nitrogen and oxygen atoms in total. The molecule has 0 fully saturated rings. The Bertz CT molecular complexity index is 677. The van der Waals surface area contributed by atoms with Crippen LogP contribution in [0.4, 0.5) is 13.2 Å². The van der Waals surface area contributed by atoms with Crippen LogP contribution in [0.3, 0.4) is 0 Å². The van der Waals surface area contributed by atoms with E-state index in [0.29, 0.717) is 10.2 Å². The van der Waals surface area contributed by atoms with Crippen molar-refractivity contribution in [3.63, 3.8) is 0 Å². The molecule has 0 saturated carbocycles. The van der Waals surface area contributed by atoms with Crippen LogP contribution >= 0.6 is 27.3 Å². The average Bonchev–Trinajstić information content (AvgIpc) is 3.16. The summed E-state index contributed by atoms with van der Waals surface area (Å²) in [5, 5.41) is 3.93. The maximum Gasteiger partial charge on any atom is 0.471 e. The van der Waals surface area contributed by atoms with Crippen LogP contribution in [0.2, 0.25) is 0 Å². The lowest BCUT2D eigenvalue weighted by molar-refractivity contribution is -0.159. The van der Waals surface area contributed by atoms with Crippen LogP contribution in [0.25, 0.3) is 10.7 Å². The van der Waals surface area contributed by atoms with Gasteiger partial charge in [0.15, 0.2) is 0 Å². The van der Waals surface area contributed by atoms with Crippen LogP contribution in [0.1, 0.15) is 17.7 Å². The van der Waals surface area contributed by atoms with Gasteiger partial charge in [0.25, 0.3) is 0 Å². The Balaban J connectivity index is 0.000000322. The summed E-state index contributed by atoms with van der Waals surface area (Å²) in [5.41, 5.74) is 0. The van der Waals surface area contributed by atoms with Gasteiger partial charge in [-0.15, -0.1) is 11.3 Å². The zero-order chi connectivity index (χ0) is 17.3. The lowest BCUT2D eigenvalue weighted by atomic mass is 10.4. The van der Waals surface area contributed by atoms with Crippen LogP contribution in [0, 0.1) is 0 Å². The fraction of sp³-hybridized carbons (Fsp3) is 0.214. The standard InChI is InChI=1S/C8H4BrF3N2OS.C6H9N/c9-3-4-1-2-5(16-4)6-13-7(15-14-6)8(10,11)12;1-3-5-7-6-4-2/h1-2H,3H2;3-6H,1H2,2H3/b;6-4-,7-5?. The molecule has 0 radical (unpaired) electrons. The second-order valence-corrected chi connectivity index (χ2v) is 5.57. The first-order chi connectivity index (χ1) is 10.9. The lowest BCUT2D eigenvalue weighted by Gasteiger charge is -1.95. The molecule has 0 saturated heterocycles. The highest BCUT2D eigenvalue weighted by atomic mass is 79.9. The highest BCUT2D eigenvalue weighted by Crippen LogP contribution is 2.32. The van der Waals surface area contributed by atoms with Crippen LogP contribution in [0.5, 0.6) is 0 Å². The fourth-order valence-corrected chi connectivity index (χ4v) is 2.52. The minimum atomic E-state index is -4.60. The van der Waals surface area contributed by atoms with E-state index in [2.05, 4.69) is 42.2 Å². The minimum absolute atomic E-state index is 0.0375. The van der Waals surface area contributed by atoms with Gasteiger partial charge in [-0.3, -0.25) is 4.99 Å². The first-order valence-electron chi connectivity index (χ1n) is 6.23. The molecule has 2 heterocycles. The summed E-state index contributed by atoms with van der Waals surface area (Å²) in [7, 11) is 0. The quantitative estimate of drug-likeness (QED) is 0.497. The SMILES string of the molecule is C=CC=N/C=C\C.FC(F)(F)c1nc(-c2ccc(CBr)s2)no1. The Labute approximate surface area is 143 Å². The molecule has 0 atom stereocenters. The summed E-state index contributed by atoms with van der Waals surface area (Å²) < 4.78 is 40.7. The summed E-state index contributed by atoms with van der Waals surface area (Å²) in [4.78, 5) is 8.61. The summed E-state index contributed by atoms with van der Waals surface area (Å²) in [6, 6.07) is 3.45. The van der Waals surface area contributed by atoms with E-state index in [1.807, 2.05) is 13.0 Å². The van der Waals surface area contributed by atoms with E-state index >= 15 is 0 Å². The van der Waals surface area contributed by atoms with Crippen LogP contribution in [-0.2, 0) is 11.5 Å². The van der Waals surface area contributed by atoms with Gasteiger partial charge in [-0.25, -0.2) is 0 Å². The van der Waals surface area contributed by atoms with Crippen molar-refractivity contribution in [1.82, 2.24) is 10.1 Å². The van der Waals surface area contributed by atoms with Crippen LogP contribution in [-0.4, -0.2) is 16.4 Å². The second kappa shape index (κ2) is 9.41. The number of halogens is 4. The Kier molecular flexibility index (Phi) is 7.90. The molecule has 124 valence electrons. The van der Waals surface area contributed by atoms with Gasteiger partial charge in [0.05, 0.1) is 4.88 Å². The minimum Gasteiger partial charge on any atom is -0.329 e. The van der Waals surface area contributed by atoms with E-state index in [4.69, 9.17) is 0 Å². The molecule has 23 heavy (non-hydrogen) atoms. The molecule has 0 aliphatic heterocycles. The number of allylic oxidation sites excluding steroid dienone is 2. The highest BCUT2D eigenvalue weighted by molar-refractivity contribution is 9.08. The van der Waals surface area contributed by atoms with Gasteiger partial charge in [-0.05, 0) is 19.1 Å². The molecule has 9 heteroatoms. The Hall–Kier alpha value is -1.74. The van der Waals surface area contributed by atoms with Gasteiger partial charge in [0.1, 0.15) is 0 Å². The number of alkyl halides is 4. The molecule has 0 bridgehead atoms. The fourth-order valence-electron chi connectivity index (χ4n) is 1.21. The molecule has 0 unspecified atom stereocenters. The summed E-state index contributed by atoms with van der Waals surface area (Å²) in [6.45, 7) is 5.37. The number of hydrogen-bond donors (Lipinski definition) is 0. The van der Waals surface area contributed by atoms with Crippen molar-refractivity contribution in [2.24, 2.45) is 4.99 Å². The molecule has 0 aromatic carbocycles. The molecule has 0 aliphatic rings. The number of aliphatic imine (C=N–C) groups is 1. The van der Waals surface area contributed by atoms with Gasteiger partial charge in [-0.1, -0.05) is 39.8 Å². The van der Waals surface area contributed by atoms with Gasteiger partial charge in [0.2, 0.25) is 5.82 Å². The first kappa shape index (κ1) is 19.3. The summed E-state index contributed by atoms with van der Waals surface area (Å²) in [6.07, 6.45) is 2.25. The number of thiophene rings is 1. The number of nitrogens with zero attached hydrogens (tertiary/aromatic N) is 3. The van der Waals surface area contributed by atoms with E-state index in [9.17, 15) is 13.2 Å². The Morgan fingerprint density at radius 1 is 1.43 bits per heavy atom. The summed E-state index contributed by atoms with van der Waals surface area (Å²) >= 11 is 4.56. The van der Waals surface area contributed by atoms with Crippen molar-refractivity contribution in [2.75, 3.05) is 0 Å². The third kappa shape index (κ3) is 6.49. The molecule has 2 aromatic heterocycles. The summed E-state index contributed by atoms with van der Waals surface area (Å²) in [5.74, 6) is -1.36. The first-order valence-corrected chi connectivity index (χ1v) is 8.17. The van der Waals surface area contributed by atoms with Gasteiger partial charge < -0.3 is 4.52 Å². The van der Waals surface area contributed by atoms with E-state index < -0.39 is 12.1 Å². The normalized spacial score (nSPS) is 11.7. The average molecular weight is 408 g/mol. The molecule has 2 aromatic rings. The zero-order valence-corrected chi connectivity index (χ0v) is 14.5. The number of hydrogen-bond acceptors (Lipinski definition) is 5. The van der Waals surface area contributed by atoms with Gasteiger partial charge >= 0.3 is 12.1 Å². The van der Waals surface area contributed by atoms with Crippen molar-refractivity contribution in [1.29, 1.82) is 0 Å². The maximum atomic E-state index is 12.2. The van der Waals surface area contributed by atoms with Crippen molar-refractivity contribution in [3.05, 3.63) is 47.8 Å². The van der Waals surface area contributed by atoms with Crippen molar-refractivity contribution in [3.8, 4) is 10.7 Å². The Morgan fingerprint density at radius 2 is 2.17 bits per heavy atom. The smallest absolute Gasteiger partial charge is 0.329 e. The number of rotatable bonds is 4. The van der Waals surface area contributed by atoms with E-state index in [1.54, 1.807) is 30.6 Å². The molecule has 0 aliphatic carbocycles. The van der Waals surface area contributed by atoms with E-state index in [0.717, 1.165) is 4.88 Å². The molecule has 0 N–H and O–H groups in total. The van der Waals surface area contributed by atoms with E-state index in [1.165, 1.54) is 11.3 Å². The molecular formula is C14H13BrF3N3OS. The second-order valence-electron chi connectivity index (χ2n) is 3.84. The van der Waals surface area contributed by atoms with E-state index in [-0.39, 0.29) is 5.82 Å².